The molecule has 0 radical (unpaired) electrons. The minimum atomic E-state index is 0.163. The maximum atomic E-state index is 9.07. The summed E-state index contributed by atoms with van der Waals surface area (Å²) < 4.78 is 5.99. The van der Waals surface area contributed by atoms with Crippen LogP contribution in [0.1, 0.15) is 38.1 Å². The average Bonchev–Trinajstić information content (AvgIpc) is 2.82. The summed E-state index contributed by atoms with van der Waals surface area (Å²) in [6.45, 7) is 7.29. The van der Waals surface area contributed by atoms with Crippen LogP contribution in [0.4, 0.5) is 0 Å². The molecular formula is C16H23NO2. The van der Waals surface area contributed by atoms with Gasteiger partial charge < -0.3 is 14.8 Å². The standard InChI is InChI=1S/C16H23NO2/c1-4-13-14-7-5-6-8-15(14)19-16(13)12(3)17-9-11(2)10-18/h5-8,11-12,17-18H,4,9-10H2,1-3H3. The van der Waals surface area contributed by atoms with Crippen molar-refractivity contribution in [2.75, 3.05) is 13.2 Å². The molecule has 0 aliphatic rings. The summed E-state index contributed by atoms with van der Waals surface area (Å²) in [6.07, 6.45) is 0.966. The van der Waals surface area contributed by atoms with E-state index >= 15 is 0 Å². The Labute approximate surface area is 114 Å². The van der Waals surface area contributed by atoms with Crippen molar-refractivity contribution in [2.24, 2.45) is 5.92 Å². The molecule has 2 N–H and O–H groups in total. The SMILES string of the molecule is CCc1c(C(C)NCC(C)CO)oc2ccccc12. The van der Waals surface area contributed by atoms with E-state index in [2.05, 4.69) is 25.2 Å². The Morgan fingerprint density at radius 1 is 1.26 bits per heavy atom. The fourth-order valence-corrected chi connectivity index (χ4v) is 2.37. The predicted octanol–water partition coefficient (Wildman–Crippen LogP) is 3.27. The molecule has 1 aromatic carbocycles. The largest absolute Gasteiger partial charge is 0.459 e. The molecule has 2 unspecified atom stereocenters. The molecule has 0 spiro atoms. The van der Waals surface area contributed by atoms with E-state index in [9.17, 15) is 0 Å². The van der Waals surface area contributed by atoms with Gasteiger partial charge in [0, 0.05) is 24.1 Å². The Hall–Kier alpha value is -1.32. The number of aliphatic hydroxyl groups excluding tert-OH is 1. The highest BCUT2D eigenvalue weighted by atomic mass is 16.3. The number of rotatable bonds is 6. The lowest BCUT2D eigenvalue weighted by Crippen LogP contribution is -2.26. The summed E-state index contributed by atoms with van der Waals surface area (Å²) in [4.78, 5) is 0. The molecule has 1 heterocycles. The van der Waals surface area contributed by atoms with Gasteiger partial charge in [0.15, 0.2) is 0 Å². The van der Waals surface area contributed by atoms with Crippen LogP contribution in [0.25, 0.3) is 11.0 Å². The first-order chi connectivity index (χ1) is 9.17. The van der Waals surface area contributed by atoms with Crippen molar-refractivity contribution in [1.29, 1.82) is 0 Å². The molecular weight excluding hydrogens is 238 g/mol. The van der Waals surface area contributed by atoms with Crippen LogP contribution < -0.4 is 5.32 Å². The van der Waals surface area contributed by atoms with Crippen LogP contribution in [-0.4, -0.2) is 18.3 Å². The number of hydrogen-bond acceptors (Lipinski definition) is 3. The highest BCUT2D eigenvalue weighted by Gasteiger charge is 2.18. The number of fused-ring (bicyclic) bond motifs is 1. The lowest BCUT2D eigenvalue weighted by molar-refractivity contribution is 0.229. The molecule has 19 heavy (non-hydrogen) atoms. The van der Waals surface area contributed by atoms with Crippen LogP contribution in [-0.2, 0) is 6.42 Å². The second kappa shape index (κ2) is 6.22. The first-order valence-corrected chi connectivity index (χ1v) is 7.01. The number of furan rings is 1. The zero-order valence-corrected chi connectivity index (χ0v) is 11.9. The quantitative estimate of drug-likeness (QED) is 0.839. The number of hydrogen-bond donors (Lipinski definition) is 2. The number of aryl methyl sites for hydroxylation is 1. The van der Waals surface area contributed by atoms with Gasteiger partial charge in [-0.15, -0.1) is 0 Å². The second-order valence-corrected chi connectivity index (χ2v) is 5.21. The van der Waals surface area contributed by atoms with E-state index < -0.39 is 0 Å². The zero-order chi connectivity index (χ0) is 13.8. The van der Waals surface area contributed by atoms with Gasteiger partial charge in [0.05, 0.1) is 6.04 Å². The highest BCUT2D eigenvalue weighted by Crippen LogP contribution is 2.30. The Balaban J connectivity index is 2.23. The first kappa shape index (κ1) is 14.1. The molecule has 0 fully saturated rings. The van der Waals surface area contributed by atoms with Crippen molar-refractivity contribution in [3.05, 3.63) is 35.6 Å². The van der Waals surface area contributed by atoms with Gasteiger partial charge in [-0.05, 0) is 25.3 Å². The van der Waals surface area contributed by atoms with Gasteiger partial charge in [0.2, 0.25) is 0 Å². The van der Waals surface area contributed by atoms with Crippen LogP contribution in [0.5, 0.6) is 0 Å². The van der Waals surface area contributed by atoms with Gasteiger partial charge in [-0.1, -0.05) is 32.0 Å². The van der Waals surface area contributed by atoms with Crippen LogP contribution in [0.15, 0.2) is 28.7 Å². The van der Waals surface area contributed by atoms with E-state index in [-0.39, 0.29) is 18.6 Å². The summed E-state index contributed by atoms with van der Waals surface area (Å²) in [7, 11) is 0. The molecule has 0 amide bonds. The van der Waals surface area contributed by atoms with E-state index in [1.807, 2.05) is 25.1 Å². The van der Waals surface area contributed by atoms with Crippen molar-refractivity contribution in [1.82, 2.24) is 5.32 Å². The Morgan fingerprint density at radius 3 is 2.68 bits per heavy atom. The number of benzene rings is 1. The van der Waals surface area contributed by atoms with Gasteiger partial charge in [0.1, 0.15) is 11.3 Å². The molecule has 2 aromatic rings. The Kier molecular flexibility index (Phi) is 4.61. The molecule has 2 atom stereocenters. The van der Waals surface area contributed by atoms with Gasteiger partial charge in [-0.25, -0.2) is 0 Å². The molecule has 3 heteroatoms. The van der Waals surface area contributed by atoms with Gasteiger partial charge >= 0.3 is 0 Å². The summed E-state index contributed by atoms with van der Waals surface area (Å²) in [5.41, 5.74) is 2.24. The first-order valence-electron chi connectivity index (χ1n) is 7.01. The predicted molar refractivity (Wildman–Crippen MR) is 78.3 cm³/mol. The molecule has 3 nitrogen and oxygen atoms in total. The van der Waals surface area contributed by atoms with Crippen molar-refractivity contribution in [3.8, 4) is 0 Å². The number of nitrogens with one attached hydrogen (secondary N) is 1. The van der Waals surface area contributed by atoms with Crippen molar-refractivity contribution >= 4 is 11.0 Å². The zero-order valence-electron chi connectivity index (χ0n) is 11.9. The van der Waals surface area contributed by atoms with E-state index in [1.165, 1.54) is 10.9 Å². The van der Waals surface area contributed by atoms with E-state index in [4.69, 9.17) is 9.52 Å². The van der Waals surface area contributed by atoms with Crippen LogP contribution >= 0.6 is 0 Å². The third-order valence-electron chi connectivity index (χ3n) is 3.56. The maximum Gasteiger partial charge on any atom is 0.134 e. The molecule has 104 valence electrons. The summed E-state index contributed by atoms with van der Waals surface area (Å²) in [5, 5.41) is 13.7. The van der Waals surface area contributed by atoms with Gasteiger partial charge in [0.25, 0.3) is 0 Å². The van der Waals surface area contributed by atoms with Crippen LogP contribution in [0.2, 0.25) is 0 Å². The van der Waals surface area contributed by atoms with E-state index in [0.717, 1.165) is 24.3 Å². The van der Waals surface area contributed by atoms with Crippen LogP contribution in [0.3, 0.4) is 0 Å². The van der Waals surface area contributed by atoms with E-state index in [0.29, 0.717) is 0 Å². The van der Waals surface area contributed by atoms with Crippen molar-refractivity contribution in [3.63, 3.8) is 0 Å². The fourth-order valence-electron chi connectivity index (χ4n) is 2.37. The summed E-state index contributed by atoms with van der Waals surface area (Å²) in [6, 6.07) is 8.34. The second-order valence-electron chi connectivity index (χ2n) is 5.21. The molecule has 0 bridgehead atoms. The van der Waals surface area contributed by atoms with Crippen molar-refractivity contribution < 1.29 is 9.52 Å². The van der Waals surface area contributed by atoms with E-state index in [1.54, 1.807) is 0 Å². The lowest BCUT2D eigenvalue weighted by atomic mass is 10.0. The topological polar surface area (TPSA) is 45.4 Å². The minimum Gasteiger partial charge on any atom is -0.459 e. The molecule has 1 aromatic heterocycles. The van der Waals surface area contributed by atoms with Crippen molar-refractivity contribution in [2.45, 2.75) is 33.2 Å². The monoisotopic (exact) mass is 261 g/mol. The third kappa shape index (κ3) is 2.99. The smallest absolute Gasteiger partial charge is 0.134 e. The Morgan fingerprint density at radius 2 is 2.00 bits per heavy atom. The van der Waals surface area contributed by atoms with Gasteiger partial charge in [-0.2, -0.15) is 0 Å². The summed E-state index contributed by atoms with van der Waals surface area (Å²) in [5.74, 6) is 1.28. The third-order valence-corrected chi connectivity index (χ3v) is 3.56. The maximum absolute atomic E-state index is 9.07. The molecule has 0 saturated heterocycles. The normalized spacial score (nSPS) is 14.7. The number of aliphatic hydroxyl groups is 1. The lowest BCUT2D eigenvalue weighted by Gasteiger charge is -2.15. The molecule has 0 saturated carbocycles. The minimum absolute atomic E-state index is 0.163. The number of para-hydroxylation sites is 1. The molecule has 0 aliphatic carbocycles. The molecule has 0 aliphatic heterocycles. The average molecular weight is 261 g/mol. The van der Waals surface area contributed by atoms with Crippen LogP contribution in [0, 0.1) is 5.92 Å². The molecule has 2 rings (SSSR count). The Bertz CT molecular complexity index is 533. The van der Waals surface area contributed by atoms with Gasteiger partial charge in [-0.3, -0.25) is 0 Å². The fraction of sp³-hybridized carbons (Fsp3) is 0.500. The highest BCUT2D eigenvalue weighted by molar-refractivity contribution is 5.82. The summed E-state index contributed by atoms with van der Waals surface area (Å²) >= 11 is 0.